The van der Waals surface area contributed by atoms with Crippen molar-refractivity contribution in [2.24, 2.45) is 17.8 Å². The molecule has 0 spiro atoms. The molecule has 1 saturated heterocycles. The lowest BCUT2D eigenvalue weighted by Gasteiger charge is -2.31. The number of carbonyl (C=O) groups is 1. The predicted octanol–water partition coefficient (Wildman–Crippen LogP) is 2.32. The summed E-state index contributed by atoms with van der Waals surface area (Å²) in [6.45, 7) is 6.38. The van der Waals surface area contributed by atoms with E-state index in [0.29, 0.717) is 11.8 Å². The van der Waals surface area contributed by atoms with Crippen molar-refractivity contribution in [2.75, 3.05) is 13.1 Å². The number of hydrogen-bond donors (Lipinski definition) is 2. The number of nitrogens with one attached hydrogen (secondary N) is 2. The summed E-state index contributed by atoms with van der Waals surface area (Å²) in [6, 6.07) is 0.0414. The minimum Gasteiger partial charge on any atom is -0.354 e. The molecule has 0 radical (unpaired) electrons. The Labute approximate surface area is 111 Å². The molecule has 4 unspecified atom stereocenters. The highest BCUT2D eigenvalue weighted by molar-refractivity contribution is 5.82. The smallest absolute Gasteiger partial charge is 0.237 e. The van der Waals surface area contributed by atoms with Crippen LogP contribution in [0.1, 0.15) is 52.4 Å². The third-order valence-electron chi connectivity index (χ3n) is 4.66. The van der Waals surface area contributed by atoms with Gasteiger partial charge in [0.1, 0.15) is 0 Å². The van der Waals surface area contributed by atoms with E-state index in [2.05, 4.69) is 24.5 Å². The van der Waals surface area contributed by atoms with Crippen molar-refractivity contribution in [1.29, 1.82) is 0 Å². The number of rotatable bonds is 3. The van der Waals surface area contributed by atoms with Crippen LogP contribution >= 0.6 is 0 Å². The van der Waals surface area contributed by atoms with Gasteiger partial charge in [0.2, 0.25) is 5.91 Å². The molecule has 1 saturated carbocycles. The van der Waals surface area contributed by atoms with E-state index in [4.69, 9.17) is 0 Å². The fourth-order valence-corrected chi connectivity index (χ4v) is 3.50. The predicted molar refractivity (Wildman–Crippen MR) is 74.3 cm³/mol. The first kappa shape index (κ1) is 13.9. The van der Waals surface area contributed by atoms with E-state index >= 15 is 0 Å². The molecule has 18 heavy (non-hydrogen) atoms. The molecular formula is C15H28N2O. The van der Waals surface area contributed by atoms with Crippen molar-refractivity contribution >= 4 is 5.91 Å². The van der Waals surface area contributed by atoms with Crippen LogP contribution in [0.4, 0.5) is 0 Å². The van der Waals surface area contributed by atoms with Crippen LogP contribution in [0.2, 0.25) is 0 Å². The average molecular weight is 252 g/mol. The second kappa shape index (κ2) is 6.55. The number of carbonyl (C=O) groups excluding carboxylic acids is 1. The zero-order valence-electron chi connectivity index (χ0n) is 11.9. The Morgan fingerprint density at radius 2 is 2.06 bits per heavy atom. The summed E-state index contributed by atoms with van der Waals surface area (Å²) in [4.78, 5) is 12.2. The molecule has 0 aromatic heterocycles. The van der Waals surface area contributed by atoms with Crippen LogP contribution in [-0.2, 0) is 4.79 Å². The van der Waals surface area contributed by atoms with Gasteiger partial charge in [-0.25, -0.2) is 0 Å². The van der Waals surface area contributed by atoms with E-state index in [1.165, 1.54) is 38.5 Å². The van der Waals surface area contributed by atoms with E-state index in [-0.39, 0.29) is 11.9 Å². The van der Waals surface area contributed by atoms with Crippen molar-refractivity contribution in [3.63, 3.8) is 0 Å². The van der Waals surface area contributed by atoms with Gasteiger partial charge in [0, 0.05) is 6.54 Å². The maximum atomic E-state index is 12.2. The van der Waals surface area contributed by atoms with Gasteiger partial charge in [-0.1, -0.05) is 26.7 Å². The molecule has 2 rings (SSSR count). The summed E-state index contributed by atoms with van der Waals surface area (Å²) in [5, 5.41) is 6.52. The number of amides is 1. The van der Waals surface area contributed by atoms with Gasteiger partial charge in [0.05, 0.1) is 6.04 Å². The molecular weight excluding hydrogens is 224 g/mol. The van der Waals surface area contributed by atoms with Gasteiger partial charge in [0.25, 0.3) is 0 Å². The third kappa shape index (κ3) is 3.71. The molecule has 3 nitrogen and oxygen atoms in total. The lowest BCUT2D eigenvalue weighted by atomic mass is 9.82. The van der Waals surface area contributed by atoms with Crippen LogP contribution < -0.4 is 10.6 Å². The summed E-state index contributed by atoms with van der Waals surface area (Å²) in [6.07, 6.45) is 7.65. The molecule has 104 valence electrons. The van der Waals surface area contributed by atoms with Crippen molar-refractivity contribution < 1.29 is 4.79 Å². The maximum absolute atomic E-state index is 12.2. The first-order valence-corrected chi connectivity index (χ1v) is 7.68. The molecule has 3 heteroatoms. The summed E-state index contributed by atoms with van der Waals surface area (Å²) in [5.41, 5.74) is 0. The fourth-order valence-electron chi connectivity index (χ4n) is 3.50. The SMILES string of the molecule is CC1CCCC(CNC(=O)C2NCCCC2C)C1. The second-order valence-corrected chi connectivity index (χ2v) is 6.43. The van der Waals surface area contributed by atoms with Gasteiger partial charge in [-0.3, -0.25) is 4.79 Å². The molecule has 2 fully saturated rings. The quantitative estimate of drug-likeness (QED) is 0.809. The standard InChI is InChI=1S/C15H28N2O/c1-11-5-3-7-13(9-11)10-17-15(18)14-12(2)6-4-8-16-14/h11-14,16H,3-10H2,1-2H3,(H,17,18). The Hall–Kier alpha value is -0.570. The first-order chi connectivity index (χ1) is 8.66. The topological polar surface area (TPSA) is 41.1 Å². The Morgan fingerprint density at radius 3 is 2.78 bits per heavy atom. The maximum Gasteiger partial charge on any atom is 0.237 e. The van der Waals surface area contributed by atoms with E-state index in [0.717, 1.165) is 19.0 Å². The van der Waals surface area contributed by atoms with Gasteiger partial charge in [-0.2, -0.15) is 0 Å². The Morgan fingerprint density at radius 1 is 1.22 bits per heavy atom. The van der Waals surface area contributed by atoms with Gasteiger partial charge >= 0.3 is 0 Å². The Balaban J connectivity index is 1.73. The molecule has 1 amide bonds. The first-order valence-electron chi connectivity index (χ1n) is 7.68. The highest BCUT2D eigenvalue weighted by Gasteiger charge is 2.28. The summed E-state index contributed by atoms with van der Waals surface area (Å²) in [5.74, 6) is 2.24. The summed E-state index contributed by atoms with van der Waals surface area (Å²) >= 11 is 0. The monoisotopic (exact) mass is 252 g/mol. The van der Waals surface area contributed by atoms with Crippen LogP contribution in [0.15, 0.2) is 0 Å². The molecule has 0 aromatic carbocycles. The molecule has 4 atom stereocenters. The molecule has 0 bridgehead atoms. The zero-order chi connectivity index (χ0) is 13.0. The van der Waals surface area contributed by atoms with Crippen LogP contribution in [0, 0.1) is 17.8 Å². The van der Waals surface area contributed by atoms with Crippen molar-refractivity contribution in [1.82, 2.24) is 10.6 Å². The summed E-state index contributed by atoms with van der Waals surface area (Å²) in [7, 11) is 0. The lowest BCUT2D eigenvalue weighted by Crippen LogP contribution is -2.51. The van der Waals surface area contributed by atoms with E-state index in [1.54, 1.807) is 0 Å². The van der Waals surface area contributed by atoms with Crippen molar-refractivity contribution in [3.8, 4) is 0 Å². The van der Waals surface area contributed by atoms with Crippen molar-refractivity contribution in [2.45, 2.75) is 58.4 Å². The molecule has 2 N–H and O–H groups in total. The highest BCUT2D eigenvalue weighted by atomic mass is 16.2. The van der Waals surface area contributed by atoms with Crippen LogP contribution in [0.25, 0.3) is 0 Å². The minimum absolute atomic E-state index is 0.0414. The Bertz CT molecular complexity index is 280. The third-order valence-corrected chi connectivity index (χ3v) is 4.66. The normalized spacial score (nSPS) is 37.2. The molecule has 1 heterocycles. The fraction of sp³-hybridized carbons (Fsp3) is 0.933. The Kier molecular flexibility index (Phi) is 5.04. The van der Waals surface area contributed by atoms with Gasteiger partial charge in [-0.15, -0.1) is 0 Å². The summed E-state index contributed by atoms with van der Waals surface area (Å²) < 4.78 is 0. The van der Waals surface area contributed by atoms with Crippen LogP contribution in [0.3, 0.4) is 0 Å². The number of piperidine rings is 1. The zero-order valence-corrected chi connectivity index (χ0v) is 11.9. The molecule has 0 aromatic rings. The van der Waals surface area contributed by atoms with Gasteiger partial charge in [-0.05, 0) is 50.0 Å². The van der Waals surface area contributed by atoms with E-state index in [1.807, 2.05) is 0 Å². The van der Waals surface area contributed by atoms with Gasteiger partial charge in [0.15, 0.2) is 0 Å². The van der Waals surface area contributed by atoms with E-state index < -0.39 is 0 Å². The lowest BCUT2D eigenvalue weighted by molar-refractivity contribution is -0.125. The number of hydrogen-bond acceptors (Lipinski definition) is 2. The highest BCUT2D eigenvalue weighted by Crippen LogP contribution is 2.28. The molecule has 2 aliphatic rings. The molecule has 1 aliphatic carbocycles. The van der Waals surface area contributed by atoms with Gasteiger partial charge < -0.3 is 10.6 Å². The van der Waals surface area contributed by atoms with E-state index in [9.17, 15) is 4.79 Å². The average Bonchev–Trinajstić information content (AvgIpc) is 2.37. The van der Waals surface area contributed by atoms with Crippen LogP contribution in [-0.4, -0.2) is 25.0 Å². The second-order valence-electron chi connectivity index (χ2n) is 6.43. The largest absolute Gasteiger partial charge is 0.354 e. The molecule has 1 aliphatic heterocycles. The van der Waals surface area contributed by atoms with Crippen molar-refractivity contribution in [3.05, 3.63) is 0 Å². The minimum atomic E-state index is 0.0414. The van der Waals surface area contributed by atoms with Crippen LogP contribution in [0.5, 0.6) is 0 Å².